The molecule has 5 nitrogen and oxygen atoms in total. The van der Waals surface area contributed by atoms with Crippen LogP contribution in [0, 0.1) is 0 Å². The lowest BCUT2D eigenvalue weighted by Crippen LogP contribution is -2.03. The number of hydrogen-bond donors (Lipinski definition) is 1. The Bertz CT molecular complexity index is 1120. The van der Waals surface area contributed by atoms with Gasteiger partial charge in [0.2, 0.25) is 0 Å². The zero-order valence-electron chi connectivity index (χ0n) is 14.5. The van der Waals surface area contributed by atoms with Gasteiger partial charge in [-0.25, -0.2) is 0 Å². The summed E-state index contributed by atoms with van der Waals surface area (Å²) in [6.45, 7) is 4.20. The Morgan fingerprint density at radius 2 is 1.96 bits per heavy atom. The molecule has 0 bridgehead atoms. The molecule has 0 fully saturated rings. The van der Waals surface area contributed by atoms with Gasteiger partial charge in [-0.15, -0.1) is 21.5 Å². The summed E-state index contributed by atoms with van der Waals surface area (Å²) in [7, 11) is 0. The zero-order chi connectivity index (χ0) is 18.1. The molecule has 0 saturated carbocycles. The summed E-state index contributed by atoms with van der Waals surface area (Å²) in [5, 5.41) is 14.2. The van der Waals surface area contributed by atoms with Crippen LogP contribution in [0.25, 0.3) is 21.5 Å². The number of nitrogens with zero attached hydrogens (tertiary/aromatic N) is 3. The predicted molar refractivity (Wildman–Crippen MR) is 107 cm³/mol. The van der Waals surface area contributed by atoms with Gasteiger partial charge < -0.3 is 9.88 Å². The molecule has 0 aliphatic rings. The van der Waals surface area contributed by atoms with E-state index in [-0.39, 0.29) is 11.5 Å². The Labute approximate surface area is 155 Å². The summed E-state index contributed by atoms with van der Waals surface area (Å²) in [5.41, 5.74) is 2.72. The van der Waals surface area contributed by atoms with Crippen LogP contribution in [0.2, 0.25) is 0 Å². The predicted octanol–water partition coefficient (Wildman–Crippen LogP) is 4.84. The first-order chi connectivity index (χ1) is 12.6. The smallest absolute Gasteiger partial charge is 0.190 e. The van der Waals surface area contributed by atoms with Gasteiger partial charge in [-0.05, 0) is 49.6 Å². The SMILES string of the molecule is CC(C)n1cnnc1-c1cccc(Nc2cccc3sccc(=O)c23)c1. The van der Waals surface area contributed by atoms with E-state index in [4.69, 9.17) is 0 Å². The van der Waals surface area contributed by atoms with Crippen LogP contribution in [0.5, 0.6) is 0 Å². The minimum Gasteiger partial charge on any atom is -0.355 e. The topological polar surface area (TPSA) is 59.8 Å². The van der Waals surface area contributed by atoms with E-state index in [0.717, 1.165) is 32.8 Å². The first kappa shape index (κ1) is 16.5. The molecule has 0 unspecified atom stereocenters. The Balaban J connectivity index is 1.75. The molecule has 6 heteroatoms. The molecule has 0 atom stereocenters. The average molecular weight is 362 g/mol. The van der Waals surface area contributed by atoms with Gasteiger partial charge in [-0.2, -0.15) is 0 Å². The minimum atomic E-state index is 0.0255. The van der Waals surface area contributed by atoms with Crippen LogP contribution in [0.4, 0.5) is 11.4 Å². The summed E-state index contributed by atoms with van der Waals surface area (Å²) >= 11 is 1.56. The average Bonchev–Trinajstić information content (AvgIpc) is 3.12. The number of anilines is 2. The van der Waals surface area contributed by atoms with Gasteiger partial charge >= 0.3 is 0 Å². The molecule has 0 spiro atoms. The molecule has 0 amide bonds. The molecular formula is C20H18N4OS. The van der Waals surface area contributed by atoms with Gasteiger partial charge in [-0.1, -0.05) is 18.2 Å². The van der Waals surface area contributed by atoms with Crippen LogP contribution in [0.1, 0.15) is 19.9 Å². The number of hydrogen-bond acceptors (Lipinski definition) is 5. The third-order valence-corrected chi connectivity index (χ3v) is 5.08. The molecule has 0 aliphatic heterocycles. The van der Waals surface area contributed by atoms with Crippen LogP contribution in [-0.2, 0) is 0 Å². The van der Waals surface area contributed by atoms with Crippen LogP contribution >= 0.6 is 11.3 Å². The van der Waals surface area contributed by atoms with E-state index in [1.165, 1.54) is 0 Å². The maximum absolute atomic E-state index is 12.3. The molecule has 26 heavy (non-hydrogen) atoms. The van der Waals surface area contributed by atoms with Crippen molar-refractivity contribution in [1.82, 2.24) is 14.8 Å². The highest BCUT2D eigenvalue weighted by Gasteiger charge is 2.11. The fourth-order valence-corrected chi connectivity index (χ4v) is 3.78. The van der Waals surface area contributed by atoms with Crippen molar-refractivity contribution >= 4 is 32.8 Å². The third-order valence-electron chi connectivity index (χ3n) is 4.22. The molecule has 0 saturated heterocycles. The second kappa shape index (κ2) is 6.72. The quantitative estimate of drug-likeness (QED) is 0.564. The maximum atomic E-state index is 12.3. The Kier molecular flexibility index (Phi) is 4.26. The van der Waals surface area contributed by atoms with E-state index >= 15 is 0 Å². The number of aromatic nitrogens is 3. The van der Waals surface area contributed by atoms with Gasteiger partial charge in [0.1, 0.15) is 6.33 Å². The van der Waals surface area contributed by atoms with Gasteiger partial charge in [0.05, 0.1) is 11.1 Å². The molecule has 2 aromatic heterocycles. The third kappa shape index (κ3) is 2.99. The summed E-state index contributed by atoms with van der Waals surface area (Å²) in [5.74, 6) is 0.827. The van der Waals surface area contributed by atoms with Crippen molar-refractivity contribution in [3.8, 4) is 11.4 Å². The van der Waals surface area contributed by atoms with E-state index in [9.17, 15) is 4.79 Å². The molecule has 4 rings (SSSR count). The van der Waals surface area contributed by atoms with Crippen LogP contribution in [0.15, 0.2) is 65.0 Å². The van der Waals surface area contributed by atoms with Gasteiger partial charge in [0.15, 0.2) is 11.3 Å². The van der Waals surface area contributed by atoms with Crippen LogP contribution < -0.4 is 10.7 Å². The minimum absolute atomic E-state index is 0.0255. The number of nitrogens with one attached hydrogen (secondary N) is 1. The van der Waals surface area contributed by atoms with Crippen molar-refractivity contribution in [2.75, 3.05) is 5.32 Å². The van der Waals surface area contributed by atoms with Gasteiger partial charge in [0, 0.05) is 22.0 Å². The highest BCUT2D eigenvalue weighted by molar-refractivity contribution is 7.16. The Hall–Kier alpha value is -2.99. The lowest BCUT2D eigenvalue weighted by atomic mass is 10.1. The standard InChI is InChI=1S/C20H18N4OS/c1-13(2)24-12-21-23-20(24)14-5-3-6-15(11-14)22-16-7-4-8-18-19(16)17(25)9-10-26-18/h3-13,22H,1-2H3. The molecular weight excluding hydrogens is 344 g/mol. The second-order valence-corrected chi connectivity index (χ2v) is 7.27. The van der Waals surface area contributed by atoms with E-state index in [1.54, 1.807) is 23.7 Å². The van der Waals surface area contributed by atoms with Crippen LogP contribution in [0.3, 0.4) is 0 Å². The highest BCUT2D eigenvalue weighted by atomic mass is 32.1. The summed E-state index contributed by atoms with van der Waals surface area (Å²) < 4.78 is 3.01. The lowest BCUT2D eigenvalue weighted by Gasteiger charge is -2.12. The van der Waals surface area contributed by atoms with Crippen molar-refractivity contribution < 1.29 is 0 Å². The molecule has 4 aromatic rings. The highest BCUT2D eigenvalue weighted by Crippen LogP contribution is 2.28. The molecule has 2 aromatic carbocycles. The van der Waals surface area contributed by atoms with E-state index in [2.05, 4.69) is 29.4 Å². The fraction of sp³-hybridized carbons (Fsp3) is 0.150. The molecule has 0 radical (unpaired) electrons. The number of benzene rings is 2. The van der Waals surface area contributed by atoms with E-state index < -0.39 is 0 Å². The fourth-order valence-electron chi connectivity index (χ4n) is 2.96. The molecule has 130 valence electrons. The van der Waals surface area contributed by atoms with Crippen LogP contribution in [-0.4, -0.2) is 14.8 Å². The van der Waals surface area contributed by atoms with Crippen molar-refractivity contribution in [2.45, 2.75) is 19.9 Å². The molecule has 2 heterocycles. The summed E-state index contributed by atoms with van der Waals surface area (Å²) in [6, 6.07) is 15.7. The van der Waals surface area contributed by atoms with Gasteiger partial charge in [-0.3, -0.25) is 4.79 Å². The summed E-state index contributed by atoms with van der Waals surface area (Å²) in [6.07, 6.45) is 1.75. The van der Waals surface area contributed by atoms with Crippen molar-refractivity contribution in [1.29, 1.82) is 0 Å². The first-order valence-electron chi connectivity index (χ1n) is 8.41. The monoisotopic (exact) mass is 362 g/mol. The Morgan fingerprint density at radius 1 is 1.12 bits per heavy atom. The zero-order valence-corrected chi connectivity index (χ0v) is 15.3. The van der Waals surface area contributed by atoms with Crippen molar-refractivity contribution in [3.05, 3.63) is 70.5 Å². The first-order valence-corrected chi connectivity index (χ1v) is 9.29. The van der Waals surface area contributed by atoms with Crippen molar-refractivity contribution in [3.63, 3.8) is 0 Å². The number of rotatable bonds is 4. The largest absolute Gasteiger partial charge is 0.355 e. The van der Waals surface area contributed by atoms with E-state index in [0.29, 0.717) is 0 Å². The Morgan fingerprint density at radius 3 is 2.81 bits per heavy atom. The summed E-state index contributed by atoms with van der Waals surface area (Å²) in [4.78, 5) is 12.3. The number of fused-ring (bicyclic) bond motifs is 1. The second-order valence-electron chi connectivity index (χ2n) is 6.32. The maximum Gasteiger partial charge on any atom is 0.190 e. The van der Waals surface area contributed by atoms with E-state index in [1.807, 2.05) is 52.4 Å². The van der Waals surface area contributed by atoms with Gasteiger partial charge in [0.25, 0.3) is 0 Å². The molecule has 0 aliphatic carbocycles. The van der Waals surface area contributed by atoms with Crippen molar-refractivity contribution in [2.24, 2.45) is 0 Å². The molecule has 1 N–H and O–H groups in total. The lowest BCUT2D eigenvalue weighted by molar-refractivity contribution is 0.604. The normalized spacial score (nSPS) is 11.2.